The normalized spacial score (nSPS) is 26.3. The minimum absolute atomic E-state index is 0.0977. The highest BCUT2D eigenvalue weighted by molar-refractivity contribution is 5.88. The van der Waals surface area contributed by atoms with E-state index in [1.807, 2.05) is 17.0 Å². The van der Waals surface area contributed by atoms with Gasteiger partial charge in [0.25, 0.3) is 0 Å². The Morgan fingerprint density at radius 1 is 1.12 bits per heavy atom. The third kappa shape index (κ3) is 3.21. The molecule has 1 aromatic carbocycles. The Balaban J connectivity index is 1.47. The maximum absolute atomic E-state index is 13.2. The van der Waals surface area contributed by atoms with Crippen molar-refractivity contribution in [1.29, 1.82) is 5.26 Å². The average Bonchev–Trinajstić information content (AvgIpc) is 3.47. The van der Waals surface area contributed by atoms with Gasteiger partial charge in [0.1, 0.15) is 5.54 Å². The van der Waals surface area contributed by atoms with Crippen LogP contribution >= 0.6 is 0 Å². The maximum Gasteiger partial charge on any atom is 0.226 e. The Hall–Kier alpha value is -2.35. The zero-order valence-electron chi connectivity index (χ0n) is 15.0. The van der Waals surface area contributed by atoms with E-state index in [-0.39, 0.29) is 23.7 Å². The Labute approximate surface area is 154 Å². The lowest BCUT2D eigenvalue weighted by Crippen LogP contribution is -2.48. The molecule has 2 atom stereocenters. The van der Waals surface area contributed by atoms with E-state index in [0.717, 1.165) is 51.5 Å². The molecule has 5 heteroatoms. The SMILES string of the molecule is N#CC1(NC(=O)[C@@H]2CCCC[C@H]2C(=O)N2CCc3ccccc3C2)CC1. The van der Waals surface area contributed by atoms with Gasteiger partial charge >= 0.3 is 0 Å². The van der Waals surface area contributed by atoms with Gasteiger partial charge in [-0.2, -0.15) is 5.26 Å². The highest BCUT2D eigenvalue weighted by Gasteiger charge is 2.47. The third-order valence-electron chi connectivity index (χ3n) is 6.19. The van der Waals surface area contributed by atoms with Gasteiger partial charge in [-0.15, -0.1) is 0 Å². The average molecular weight is 351 g/mol. The topological polar surface area (TPSA) is 73.2 Å². The molecule has 2 amide bonds. The van der Waals surface area contributed by atoms with Crippen LogP contribution in [0.1, 0.15) is 49.7 Å². The fraction of sp³-hybridized carbons (Fsp3) is 0.571. The molecule has 136 valence electrons. The number of rotatable bonds is 3. The van der Waals surface area contributed by atoms with Crippen LogP contribution in [0.15, 0.2) is 24.3 Å². The minimum atomic E-state index is -0.661. The summed E-state index contributed by atoms with van der Waals surface area (Å²) in [7, 11) is 0. The summed E-state index contributed by atoms with van der Waals surface area (Å²) in [4.78, 5) is 27.9. The Morgan fingerprint density at radius 3 is 2.50 bits per heavy atom. The maximum atomic E-state index is 13.2. The van der Waals surface area contributed by atoms with Crippen molar-refractivity contribution >= 4 is 11.8 Å². The van der Waals surface area contributed by atoms with Crippen LogP contribution in [0.25, 0.3) is 0 Å². The smallest absolute Gasteiger partial charge is 0.226 e. The Kier molecular flexibility index (Phi) is 4.44. The lowest BCUT2D eigenvalue weighted by molar-refractivity contribution is -0.144. The van der Waals surface area contributed by atoms with Crippen molar-refractivity contribution in [3.63, 3.8) is 0 Å². The molecule has 1 heterocycles. The fourth-order valence-corrected chi connectivity index (χ4v) is 4.38. The first-order valence-electron chi connectivity index (χ1n) is 9.71. The van der Waals surface area contributed by atoms with Crippen molar-refractivity contribution in [3.8, 4) is 6.07 Å². The van der Waals surface area contributed by atoms with E-state index in [9.17, 15) is 14.9 Å². The number of benzene rings is 1. The molecule has 26 heavy (non-hydrogen) atoms. The molecule has 1 aliphatic heterocycles. The van der Waals surface area contributed by atoms with Gasteiger partial charge in [0.2, 0.25) is 11.8 Å². The second-order valence-electron chi connectivity index (χ2n) is 7.96. The van der Waals surface area contributed by atoms with Crippen molar-refractivity contribution in [1.82, 2.24) is 10.2 Å². The molecule has 2 aliphatic carbocycles. The summed E-state index contributed by atoms with van der Waals surface area (Å²) in [6.07, 6.45) is 5.82. The van der Waals surface area contributed by atoms with Crippen LogP contribution in [0, 0.1) is 23.2 Å². The minimum Gasteiger partial charge on any atom is -0.338 e. The summed E-state index contributed by atoms with van der Waals surface area (Å²) in [6, 6.07) is 10.5. The Morgan fingerprint density at radius 2 is 1.81 bits per heavy atom. The number of nitriles is 1. The number of hydrogen-bond acceptors (Lipinski definition) is 3. The first-order chi connectivity index (χ1) is 12.6. The molecule has 4 rings (SSSR count). The summed E-state index contributed by atoms with van der Waals surface area (Å²) in [6.45, 7) is 1.37. The van der Waals surface area contributed by atoms with Crippen LogP contribution in [-0.4, -0.2) is 28.8 Å². The first-order valence-corrected chi connectivity index (χ1v) is 9.71. The van der Waals surface area contributed by atoms with Crippen molar-refractivity contribution in [2.75, 3.05) is 6.54 Å². The quantitative estimate of drug-likeness (QED) is 0.909. The molecule has 1 N–H and O–H groups in total. The van der Waals surface area contributed by atoms with Gasteiger partial charge in [-0.3, -0.25) is 9.59 Å². The third-order valence-corrected chi connectivity index (χ3v) is 6.19. The van der Waals surface area contributed by atoms with Gasteiger partial charge in [-0.1, -0.05) is 37.1 Å². The Bertz CT molecular complexity index is 763. The zero-order chi connectivity index (χ0) is 18.1. The van der Waals surface area contributed by atoms with Gasteiger partial charge in [-0.25, -0.2) is 0 Å². The highest BCUT2D eigenvalue weighted by atomic mass is 16.2. The monoisotopic (exact) mass is 351 g/mol. The lowest BCUT2D eigenvalue weighted by atomic mass is 9.77. The molecule has 3 aliphatic rings. The molecule has 0 aromatic heterocycles. The highest BCUT2D eigenvalue weighted by Crippen LogP contribution is 2.37. The van der Waals surface area contributed by atoms with E-state index in [2.05, 4.69) is 23.5 Å². The van der Waals surface area contributed by atoms with Crippen LogP contribution in [0.3, 0.4) is 0 Å². The zero-order valence-corrected chi connectivity index (χ0v) is 15.0. The number of amides is 2. The summed E-state index contributed by atoms with van der Waals surface area (Å²) >= 11 is 0. The molecule has 5 nitrogen and oxygen atoms in total. The number of carbonyl (C=O) groups is 2. The number of nitrogens with one attached hydrogen (secondary N) is 1. The summed E-state index contributed by atoms with van der Waals surface area (Å²) in [5, 5.41) is 12.2. The van der Waals surface area contributed by atoms with E-state index in [1.54, 1.807) is 0 Å². The van der Waals surface area contributed by atoms with E-state index < -0.39 is 5.54 Å². The molecule has 2 saturated carbocycles. The van der Waals surface area contributed by atoms with E-state index in [1.165, 1.54) is 11.1 Å². The van der Waals surface area contributed by atoms with Gasteiger partial charge in [-0.05, 0) is 43.2 Å². The molecule has 1 aromatic rings. The summed E-state index contributed by atoms with van der Waals surface area (Å²) in [5.74, 6) is -0.525. The number of nitrogens with zero attached hydrogens (tertiary/aromatic N) is 2. The largest absolute Gasteiger partial charge is 0.338 e. The van der Waals surface area contributed by atoms with Crippen molar-refractivity contribution in [2.45, 2.75) is 57.0 Å². The molecule has 0 unspecified atom stereocenters. The van der Waals surface area contributed by atoms with Gasteiger partial charge < -0.3 is 10.2 Å². The molecule has 0 saturated heterocycles. The van der Waals surface area contributed by atoms with Crippen molar-refractivity contribution in [3.05, 3.63) is 35.4 Å². The van der Waals surface area contributed by atoms with Crippen molar-refractivity contribution < 1.29 is 9.59 Å². The lowest BCUT2D eigenvalue weighted by Gasteiger charge is -2.36. The second-order valence-corrected chi connectivity index (χ2v) is 7.96. The van der Waals surface area contributed by atoms with Gasteiger partial charge in [0, 0.05) is 24.9 Å². The molecule has 2 fully saturated rings. The fourth-order valence-electron chi connectivity index (χ4n) is 4.38. The van der Waals surface area contributed by atoms with Crippen LogP contribution in [0.2, 0.25) is 0 Å². The van der Waals surface area contributed by atoms with E-state index in [0.29, 0.717) is 6.54 Å². The van der Waals surface area contributed by atoms with Crippen molar-refractivity contribution in [2.24, 2.45) is 11.8 Å². The number of hydrogen-bond donors (Lipinski definition) is 1. The first kappa shape index (κ1) is 17.1. The van der Waals surface area contributed by atoms with Crippen LogP contribution in [0.4, 0.5) is 0 Å². The predicted octanol–water partition coefficient (Wildman–Crippen LogP) is 2.55. The molecular formula is C21H25N3O2. The molecule has 0 bridgehead atoms. The summed E-state index contributed by atoms with van der Waals surface area (Å²) in [5.41, 5.74) is 1.87. The molecule has 0 radical (unpaired) electrons. The second kappa shape index (κ2) is 6.75. The predicted molar refractivity (Wildman–Crippen MR) is 96.7 cm³/mol. The molecular weight excluding hydrogens is 326 g/mol. The van der Waals surface area contributed by atoms with Gasteiger partial charge in [0.15, 0.2) is 0 Å². The van der Waals surface area contributed by atoms with E-state index in [4.69, 9.17) is 0 Å². The van der Waals surface area contributed by atoms with Crippen LogP contribution in [-0.2, 0) is 22.6 Å². The standard InChI is InChI=1S/C21H25N3O2/c22-14-21(10-11-21)23-19(25)17-7-3-4-8-18(17)20(26)24-12-9-15-5-1-2-6-16(15)13-24/h1-2,5-6,17-18H,3-4,7-13H2,(H,23,25)/t17-,18-/m1/s1. The van der Waals surface area contributed by atoms with Crippen LogP contribution in [0.5, 0.6) is 0 Å². The summed E-state index contributed by atoms with van der Waals surface area (Å²) < 4.78 is 0. The van der Waals surface area contributed by atoms with Gasteiger partial charge in [0.05, 0.1) is 6.07 Å². The number of carbonyl (C=O) groups excluding carboxylic acids is 2. The number of fused-ring (bicyclic) bond motifs is 1. The van der Waals surface area contributed by atoms with E-state index >= 15 is 0 Å². The molecule has 0 spiro atoms. The van der Waals surface area contributed by atoms with Crippen LogP contribution < -0.4 is 5.32 Å².